The highest BCUT2D eigenvalue weighted by atomic mass is 16.3. The van der Waals surface area contributed by atoms with Gasteiger partial charge in [0.2, 0.25) is 22.8 Å². The van der Waals surface area contributed by atoms with Gasteiger partial charge in [-0.25, -0.2) is 19.4 Å². The molecular weight excluding hydrogens is 1610 g/mol. The van der Waals surface area contributed by atoms with Gasteiger partial charge < -0.3 is 17.7 Å². The number of aromatic nitrogens is 4. The SMILES string of the molecule is [2H]C(C)(C)c1ccc(-c2c(C)ccc3c2oc2c(-c4ccccc4)cc([N+]#[C-])cc23)[n+](C)c1C.[2H]C([2H])([2H])C([2H])(C)c1ccc(-c2c(C)ccc3c2oc2c(-c4ccccc4)cc([N+]#[C-])cc23)[n+](C)c1C.[2H]C([2H])([2H])c1ccc(-c2c(C)ccc3c2oc2c(-c4ccccc4)cc([N+]#[C-])cc23)[n+](C)c1C.[2H]C([2H])(c1ccc(-c2c(C)ccc3c2oc2c(-c4ccccc4)cc([N+]#[C-])cc23)[n+](C)c1C)C(C)C. The molecule has 12 nitrogen and oxygen atoms in total. The van der Waals surface area contributed by atoms with Crippen molar-refractivity contribution < 1.29 is 49.6 Å². The Bertz CT molecular complexity index is 8410. The third-order valence-corrected chi connectivity index (χ3v) is 25.7. The maximum Gasteiger partial charge on any atom is 0.216 e. The van der Waals surface area contributed by atoms with E-state index in [1.165, 1.54) is 6.92 Å². The third-order valence-electron chi connectivity index (χ3n) is 25.7. The highest BCUT2D eigenvalue weighted by Gasteiger charge is 2.31. The number of pyridine rings is 4. The first-order chi connectivity index (χ1) is 67.0. The number of aryl methyl sites for hydroxylation is 5. The van der Waals surface area contributed by atoms with Gasteiger partial charge in [0.1, 0.15) is 72.9 Å². The second-order valence-electron chi connectivity index (χ2n) is 34.4. The molecule has 0 aliphatic carbocycles. The molecule has 8 heterocycles. The van der Waals surface area contributed by atoms with Crippen molar-refractivity contribution in [1.82, 2.24) is 0 Å². The van der Waals surface area contributed by atoms with Gasteiger partial charge in [-0.2, -0.15) is 18.3 Å². The van der Waals surface area contributed by atoms with E-state index >= 15 is 0 Å². The molecule has 0 spiro atoms. The Kier molecular flexibility index (Phi) is 20.7. The van der Waals surface area contributed by atoms with Crippen LogP contribution in [0.4, 0.5) is 22.7 Å². The molecule has 0 saturated carbocycles. The Labute approximate surface area is 781 Å². The summed E-state index contributed by atoms with van der Waals surface area (Å²) in [4.78, 5) is 14.9. The second-order valence-corrected chi connectivity index (χ2v) is 34.4. The fraction of sp³-hybridized carbons (Fsp3) is 0.193. The van der Waals surface area contributed by atoms with Crippen molar-refractivity contribution in [2.45, 2.75) is 122 Å². The van der Waals surface area contributed by atoms with Crippen molar-refractivity contribution in [2.75, 3.05) is 0 Å². The minimum absolute atomic E-state index is 0.143. The van der Waals surface area contributed by atoms with Crippen LogP contribution in [0.5, 0.6) is 0 Å². The summed E-state index contributed by atoms with van der Waals surface area (Å²) in [5, 5.41) is 7.44. The van der Waals surface area contributed by atoms with E-state index in [2.05, 4.69) is 85.7 Å². The van der Waals surface area contributed by atoms with E-state index in [1.54, 1.807) is 12.1 Å². The quantitative estimate of drug-likeness (QED) is 0.0901. The van der Waals surface area contributed by atoms with Crippen LogP contribution in [0, 0.1) is 94.4 Å². The van der Waals surface area contributed by atoms with Gasteiger partial charge in [0.05, 0.1) is 48.5 Å². The van der Waals surface area contributed by atoms with Gasteiger partial charge in [-0.3, -0.25) is 0 Å². The summed E-state index contributed by atoms with van der Waals surface area (Å²) < 4.78 is 116. The highest BCUT2D eigenvalue weighted by Crippen LogP contribution is 2.49. The van der Waals surface area contributed by atoms with Crippen LogP contribution in [-0.4, -0.2) is 0 Å². The Morgan fingerprint density at radius 2 is 0.565 bits per heavy atom. The average Bonchev–Trinajstić information content (AvgIpc) is 1.59. The summed E-state index contributed by atoms with van der Waals surface area (Å²) in [6.07, 6.45) is -1.43. The first-order valence-corrected chi connectivity index (χ1v) is 43.7. The third kappa shape index (κ3) is 16.0. The van der Waals surface area contributed by atoms with Crippen LogP contribution in [-0.2, 0) is 34.6 Å². The molecule has 1 atom stereocenters. The van der Waals surface area contributed by atoms with Crippen molar-refractivity contribution in [1.29, 1.82) is 0 Å². The zero-order valence-corrected chi connectivity index (χ0v) is 76.7. The van der Waals surface area contributed by atoms with Crippen LogP contribution in [0.25, 0.3) is 197 Å². The van der Waals surface area contributed by atoms with Crippen LogP contribution >= 0.6 is 0 Å². The molecular formula is C119H106N8O4+4. The van der Waals surface area contributed by atoms with Gasteiger partial charge in [0.25, 0.3) is 0 Å². The topological polar surface area (TPSA) is 85.5 Å². The molecule has 642 valence electrons. The lowest BCUT2D eigenvalue weighted by Crippen LogP contribution is -2.36. The number of benzene rings is 12. The lowest BCUT2D eigenvalue weighted by Gasteiger charge is -2.11. The molecule has 0 N–H and O–H groups in total. The van der Waals surface area contributed by atoms with E-state index in [1.807, 2.05) is 318 Å². The summed E-state index contributed by atoms with van der Waals surface area (Å²) in [7, 11) is 7.80. The summed E-state index contributed by atoms with van der Waals surface area (Å²) in [5.41, 5.74) is 33.5. The Hall–Kier alpha value is -15.6. The highest BCUT2D eigenvalue weighted by molar-refractivity contribution is 6.18. The fourth-order valence-corrected chi connectivity index (χ4v) is 18.4. The summed E-state index contributed by atoms with van der Waals surface area (Å²) in [6, 6.07) is 86.8. The molecule has 20 rings (SSSR count). The van der Waals surface area contributed by atoms with Gasteiger partial charge in [-0.1, -0.05) is 211 Å². The minimum atomic E-state index is -2.46. The van der Waals surface area contributed by atoms with Gasteiger partial charge in [-0.05, 0) is 176 Å². The van der Waals surface area contributed by atoms with E-state index in [4.69, 9.17) is 57.7 Å². The molecule has 0 saturated heterocycles. The first kappa shape index (κ1) is 75.5. The molecule has 0 amide bonds. The average molecular weight is 1720 g/mol. The zero-order chi connectivity index (χ0) is 101. The molecule has 0 bridgehead atoms. The summed E-state index contributed by atoms with van der Waals surface area (Å²) >= 11 is 0. The molecule has 131 heavy (non-hydrogen) atoms. The Morgan fingerprint density at radius 3 is 0.840 bits per heavy atom. The lowest BCUT2D eigenvalue weighted by atomic mass is 9.96. The summed E-state index contributed by atoms with van der Waals surface area (Å²) in [5.74, 6) is -2.56. The van der Waals surface area contributed by atoms with E-state index < -0.39 is 31.9 Å². The van der Waals surface area contributed by atoms with Crippen molar-refractivity contribution in [3.8, 4) is 89.5 Å². The van der Waals surface area contributed by atoms with Crippen molar-refractivity contribution >= 4 is 111 Å². The molecule has 12 heteroatoms. The number of nitrogens with zero attached hydrogens (tertiary/aromatic N) is 8. The van der Waals surface area contributed by atoms with E-state index in [-0.39, 0.29) is 5.92 Å². The van der Waals surface area contributed by atoms with E-state index in [9.17, 15) is 0 Å². The smallest absolute Gasteiger partial charge is 0.216 e. The second kappa shape index (κ2) is 35.9. The van der Waals surface area contributed by atoms with Crippen molar-refractivity contribution in [3.05, 3.63) is 380 Å². The number of fused-ring (bicyclic) bond motifs is 12. The first-order valence-electron chi connectivity index (χ1n) is 48.7. The Morgan fingerprint density at radius 1 is 0.298 bits per heavy atom. The fourth-order valence-electron chi connectivity index (χ4n) is 18.4. The zero-order valence-electron chi connectivity index (χ0n) is 86.7. The molecule has 12 aromatic carbocycles. The molecule has 0 aliphatic rings. The molecule has 8 aromatic heterocycles. The molecule has 0 aliphatic heterocycles. The standard InChI is InChI=1S/C31H29N2O.2C30H27N2O.C28H23N2O/c1-19(2)16-23-13-15-28(33(6)21(23)4)29-20(3)12-14-25-27-18-24(32-5)17-26(30(27)34-31(25)29)22-10-8-7-9-11-22;2*1-18(2)23-14-15-27(32(6)20(23)4)28-19(3)12-13-24-26-17-22(31-5)16-25(29(26)33-30(24)28)21-10-8-7-9-11-21;1-17-12-14-25(30(5)19(17)3)26-18(2)11-13-22-24-16-21(29-4)15-23(27(24)31-28(22)26)20-9-7-6-8-10-20/h7-15,17-19H,16H2,1-4,6H3;2*7-18H,1-4,6H3;6-16H,1-3,5H3/q4*+1/i16D2;1D3,18D;18D;1D3. The van der Waals surface area contributed by atoms with E-state index in [0.717, 1.165) is 211 Å². The number of hydrogen-bond acceptors (Lipinski definition) is 4. The van der Waals surface area contributed by atoms with Gasteiger partial charge in [0, 0.05) is 153 Å². The monoisotopic (exact) mass is 1720 g/mol. The molecule has 0 radical (unpaired) electrons. The largest absolute Gasteiger partial charge is 0.455 e. The maximum atomic E-state index is 8.64. The normalized spacial score (nSPS) is 13.3. The van der Waals surface area contributed by atoms with Crippen LogP contribution in [0.1, 0.15) is 134 Å². The number of rotatable bonds is 12. The van der Waals surface area contributed by atoms with Crippen LogP contribution in [0.2, 0.25) is 0 Å². The van der Waals surface area contributed by atoms with Gasteiger partial charge in [0.15, 0.2) is 45.5 Å². The van der Waals surface area contributed by atoms with Crippen LogP contribution in [0.15, 0.2) is 285 Å². The van der Waals surface area contributed by atoms with Crippen molar-refractivity contribution in [2.24, 2.45) is 34.1 Å². The van der Waals surface area contributed by atoms with E-state index in [0.29, 0.717) is 56.4 Å². The van der Waals surface area contributed by atoms with Crippen LogP contribution in [0.3, 0.4) is 0 Å². The lowest BCUT2D eigenvalue weighted by molar-refractivity contribution is -0.667. The molecule has 1 unspecified atom stereocenters. The minimum Gasteiger partial charge on any atom is -0.455 e. The van der Waals surface area contributed by atoms with Crippen LogP contribution < -0.4 is 18.3 Å². The number of furan rings is 4. The maximum absolute atomic E-state index is 8.64. The molecule has 20 aromatic rings. The predicted octanol–water partition coefficient (Wildman–Crippen LogP) is 31.4. The molecule has 0 fully saturated rings. The van der Waals surface area contributed by atoms with Gasteiger partial charge in [-0.15, -0.1) is 0 Å². The number of hydrogen-bond donors (Lipinski definition) is 0. The summed E-state index contributed by atoms with van der Waals surface area (Å²) in [6.45, 7) is 51.0. The predicted molar refractivity (Wildman–Crippen MR) is 537 cm³/mol. The van der Waals surface area contributed by atoms with Crippen molar-refractivity contribution in [3.63, 3.8) is 0 Å². The Balaban J connectivity index is 0.000000130. The van der Waals surface area contributed by atoms with Gasteiger partial charge >= 0.3 is 0 Å².